The lowest BCUT2D eigenvalue weighted by Crippen LogP contribution is -2.16. The lowest BCUT2D eigenvalue weighted by molar-refractivity contribution is -0.147. The second-order valence-corrected chi connectivity index (χ2v) is 5.04. The largest absolute Gasteiger partial charge is 0.466 e. The maximum absolute atomic E-state index is 11.5. The highest BCUT2D eigenvalue weighted by Crippen LogP contribution is 2.05. The van der Waals surface area contributed by atoms with Gasteiger partial charge in [-0.25, -0.2) is 0 Å². The Kier molecular flexibility index (Phi) is 10.5. The fourth-order valence-corrected chi connectivity index (χ4v) is 1.45. The van der Waals surface area contributed by atoms with Crippen molar-refractivity contribution in [2.45, 2.75) is 65.9 Å². The van der Waals surface area contributed by atoms with Gasteiger partial charge in [0.25, 0.3) is 0 Å². The standard InChI is InChI=1S/C16H26O4/c1-5-8-14(6-2)20-16(18)10-7-9-15(17)19-12-11-13(3)4/h13-14H,6-7,9-12H2,1-4H3. The van der Waals surface area contributed by atoms with Crippen LogP contribution in [-0.2, 0) is 19.1 Å². The molecule has 0 amide bonds. The van der Waals surface area contributed by atoms with E-state index in [-0.39, 0.29) is 30.9 Å². The Morgan fingerprint density at radius 2 is 1.80 bits per heavy atom. The maximum atomic E-state index is 11.5. The van der Waals surface area contributed by atoms with Crippen LogP contribution in [0.4, 0.5) is 0 Å². The van der Waals surface area contributed by atoms with Crippen molar-refractivity contribution in [2.24, 2.45) is 5.92 Å². The lowest BCUT2D eigenvalue weighted by atomic mass is 10.1. The Morgan fingerprint density at radius 1 is 1.15 bits per heavy atom. The van der Waals surface area contributed by atoms with E-state index in [0.717, 1.165) is 6.42 Å². The summed E-state index contributed by atoms with van der Waals surface area (Å²) in [7, 11) is 0. The minimum atomic E-state index is -0.342. The Bertz CT molecular complexity index is 349. The van der Waals surface area contributed by atoms with Crippen LogP contribution in [-0.4, -0.2) is 24.6 Å². The van der Waals surface area contributed by atoms with Crippen LogP contribution >= 0.6 is 0 Å². The average Bonchev–Trinajstić information content (AvgIpc) is 2.37. The smallest absolute Gasteiger partial charge is 0.307 e. The molecular formula is C16H26O4. The molecule has 114 valence electrons. The van der Waals surface area contributed by atoms with Crippen molar-refractivity contribution >= 4 is 11.9 Å². The summed E-state index contributed by atoms with van der Waals surface area (Å²) in [5.74, 6) is 5.50. The number of ether oxygens (including phenoxy) is 2. The summed E-state index contributed by atoms with van der Waals surface area (Å²) in [6.45, 7) is 8.23. The average molecular weight is 282 g/mol. The third-order valence-corrected chi connectivity index (χ3v) is 2.67. The molecule has 0 spiro atoms. The van der Waals surface area contributed by atoms with Crippen LogP contribution in [0.15, 0.2) is 0 Å². The van der Waals surface area contributed by atoms with Gasteiger partial charge in [0.1, 0.15) is 0 Å². The molecule has 0 aromatic carbocycles. The number of hydrogen-bond acceptors (Lipinski definition) is 4. The molecule has 4 heteroatoms. The van der Waals surface area contributed by atoms with Crippen LogP contribution < -0.4 is 0 Å². The van der Waals surface area contributed by atoms with E-state index >= 15 is 0 Å². The molecule has 0 heterocycles. The van der Waals surface area contributed by atoms with Gasteiger partial charge in [-0.15, -0.1) is 5.92 Å². The topological polar surface area (TPSA) is 52.6 Å². The highest BCUT2D eigenvalue weighted by Gasteiger charge is 2.11. The van der Waals surface area contributed by atoms with E-state index in [1.165, 1.54) is 0 Å². The lowest BCUT2D eigenvalue weighted by Gasteiger charge is -2.10. The summed E-state index contributed by atoms with van der Waals surface area (Å²) in [5, 5.41) is 0. The van der Waals surface area contributed by atoms with Crippen LogP contribution in [0.3, 0.4) is 0 Å². The van der Waals surface area contributed by atoms with Crippen LogP contribution in [0.25, 0.3) is 0 Å². The number of rotatable bonds is 9. The third kappa shape index (κ3) is 10.4. The highest BCUT2D eigenvalue weighted by atomic mass is 16.5. The van der Waals surface area contributed by atoms with E-state index < -0.39 is 0 Å². The minimum absolute atomic E-state index is 0.223. The maximum Gasteiger partial charge on any atom is 0.307 e. The zero-order valence-corrected chi connectivity index (χ0v) is 13.0. The van der Waals surface area contributed by atoms with Gasteiger partial charge in [0, 0.05) is 12.8 Å². The molecule has 1 atom stereocenters. The Morgan fingerprint density at radius 3 is 2.35 bits per heavy atom. The van der Waals surface area contributed by atoms with Gasteiger partial charge in [-0.2, -0.15) is 0 Å². The summed E-state index contributed by atoms with van der Waals surface area (Å²) in [4.78, 5) is 22.9. The van der Waals surface area contributed by atoms with Gasteiger partial charge in [0.05, 0.1) is 6.61 Å². The second kappa shape index (κ2) is 11.3. The van der Waals surface area contributed by atoms with Crippen LogP contribution in [0.1, 0.15) is 59.8 Å². The van der Waals surface area contributed by atoms with Gasteiger partial charge in [0.15, 0.2) is 6.10 Å². The van der Waals surface area contributed by atoms with Crippen molar-refractivity contribution in [3.63, 3.8) is 0 Å². The molecule has 0 saturated carbocycles. The summed E-state index contributed by atoms with van der Waals surface area (Å²) in [5.41, 5.74) is 0. The summed E-state index contributed by atoms with van der Waals surface area (Å²) in [6, 6.07) is 0. The normalized spacial score (nSPS) is 11.4. The molecule has 0 aromatic heterocycles. The van der Waals surface area contributed by atoms with Crippen LogP contribution in [0.5, 0.6) is 0 Å². The molecule has 0 aromatic rings. The molecular weight excluding hydrogens is 256 g/mol. The van der Waals surface area contributed by atoms with Gasteiger partial charge in [-0.3, -0.25) is 9.59 Å². The van der Waals surface area contributed by atoms with Gasteiger partial charge in [0.2, 0.25) is 0 Å². The van der Waals surface area contributed by atoms with Crippen molar-refractivity contribution in [1.29, 1.82) is 0 Å². The fraction of sp³-hybridized carbons (Fsp3) is 0.750. The summed E-state index contributed by atoms with van der Waals surface area (Å²) >= 11 is 0. The summed E-state index contributed by atoms with van der Waals surface area (Å²) in [6.07, 6.45) is 2.12. The molecule has 0 saturated heterocycles. The first-order chi connectivity index (χ1) is 9.49. The van der Waals surface area contributed by atoms with Crippen LogP contribution in [0.2, 0.25) is 0 Å². The molecule has 0 bridgehead atoms. The minimum Gasteiger partial charge on any atom is -0.466 e. The zero-order valence-electron chi connectivity index (χ0n) is 13.0. The molecule has 0 aliphatic rings. The predicted octanol–water partition coefficient (Wildman–Crippen LogP) is 3.09. The van der Waals surface area contributed by atoms with Crippen molar-refractivity contribution in [3.05, 3.63) is 0 Å². The Balaban J connectivity index is 3.74. The molecule has 0 fully saturated rings. The molecule has 0 aliphatic heterocycles. The molecule has 0 rings (SSSR count). The summed E-state index contributed by atoms with van der Waals surface area (Å²) < 4.78 is 10.2. The van der Waals surface area contributed by atoms with E-state index in [4.69, 9.17) is 9.47 Å². The van der Waals surface area contributed by atoms with E-state index in [2.05, 4.69) is 25.7 Å². The van der Waals surface area contributed by atoms with Gasteiger partial charge >= 0.3 is 11.9 Å². The van der Waals surface area contributed by atoms with Crippen molar-refractivity contribution in [3.8, 4) is 11.8 Å². The van der Waals surface area contributed by atoms with Gasteiger partial charge in [-0.1, -0.05) is 26.7 Å². The fourth-order valence-electron chi connectivity index (χ4n) is 1.45. The molecule has 0 N–H and O–H groups in total. The number of carbonyl (C=O) groups is 2. The van der Waals surface area contributed by atoms with Crippen LogP contribution in [0, 0.1) is 17.8 Å². The first-order valence-corrected chi connectivity index (χ1v) is 7.26. The SMILES string of the molecule is CC#CC(CC)OC(=O)CCCC(=O)OCCC(C)C. The van der Waals surface area contributed by atoms with Crippen molar-refractivity contribution in [2.75, 3.05) is 6.61 Å². The van der Waals surface area contributed by atoms with E-state index in [9.17, 15) is 9.59 Å². The molecule has 0 radical (unpaired) electrons. The first kappa shape index (κ1) is 18.5. The third-order valence-electron chi connectivity index (χ3n) is 2.67. The zero-order chi connectivity index (χ0) is 15.4. The van der Waals surface area contributed by atoms with Gasteiger partial charge in [-0.05, 0) is 32.1 Å². The Hall–Kier alpha value is -1.50. The number of carbonyl (C=O) groups excluding carboxylic acids is 2. The number of hydrogen-bond donors (Lipinski definition) is 0. The second-order valence-electron chi connectivity index (χ2n) is 5.04. The highest BCUT2D eigenvalue weighted by molar-refractivity contribution is 5.72. The van der Waals surface area contributed by atoms with Crippen molar-refractivity contribution < 1.29 is 19.1 Å². The molecule has 4 nitrogen and oxygen atoms in total. The number of esters is 2. The van der Waals surface area contributed by atoms with Gasteiger partial charge < -0.3 is 9.47 Å². The molecule has 20 heavy (non-hydrogen) atoms. The monoisotopic (exact) mass is 282 g/mol. The Labute approximate surface area is 122 Å². The van der Waals surface area contributed by atoms with Crippen molar-refractivity contribution in [1.82, 2.24) is 0 Å². The molecule has 0 aliphatic carbocycles. The quantitative estimate of drug-likeness (QED) is 0.481. The predicted molar refractivity (Wildman–Crippen MR) is 77.9 cm³/mol. The van der Waals surface area contributed by atoms with E-state index in [1.807, 2.05) is 6.92 Å². The molecule has 1 unspecified atom stereocenters. The van der Waals surface area contributed by atoms with E-state index in [0.29, 0.717) is 25.4 Å². The van der Waals surface area contributed by atoms with E-state index in [1.54, 1.807) is 6.92 Å². The first-order valence-electron chi connectivity index (χ1n) is 7.26.